The Morgan fingerprint density at radius 3 is 2.29 bits per heavy atom. The van der Waals surface area contributed by atoms with E-state index >= 15 is 0 Å². The number of hydrogen-bond donors (Lipinski definition) is 1. The largest absolute Gasteiger partial charge is 0.312 e. The van der Waals surface area contributed by atoms with Gasteiger partial charge < -0.3 is 5.32 Å². The van der Waals surface area contributed by atoms with Gasteiger partial charge in [-0.2, -0.15) is 11.8 Å². The first-order valence-corrected chi connectivity index (χ1v) is 7.66. The zero-order valence-electron chi connectivity index (χ0n) is 11.1. The molecule has 0 radical (unpaired) electrons. The standard InChI is InChI=1S/C15H23NS/c1-11(2)12-6-8-13(9-7-12)15(16-3)14-5-4-10-17-14/h6-9,11,14-16H,4-5,10H2,1-3H3. The molecule has 0 saturated carbocycles. The topological polar surface area (TPSA) is 12.0 Å². The lowest BCUT2D eigenvalue weighted by atomic mass is 9.96. The molecule has 1 aliphatic rings. The first-order chi connectivity index (χ1) is 8.22. The molecule has 1 saturated heterocycles. The molecule has 94 valence electrons. The molecule has 0 amide bonds. The van der Waals surface area contributed by atoms with E-state index in [2.05, 4.69) is 62.2 Å². The maximum absolute atomic E-state index is 3.49. The van der Waals surface area contributed by atoms with Crippen LogP contribution in [-0.2, 0) is 0 Å². The van der Waals surface area contributed by atoms with Gasteiger partial charge in [0.1, 0.15) is 0 Å². The molecule has 2 unspecified atom stereocenters. The van der Waals surface area contributed by atoms with Gasteiger partial charge in [-0.15, -0.1) is 0 Å². The highest BCUT2D eigenvalue weighted by Gasteiger charge is 2.25. The van der Waals surface area contributed by atoms with E-state index in [1.165, 1.54) is 29.7 Å². The average molecular weight is 249 g/mol. The molecular weight excluding hydrogens is 226 g/mol. The summed E-state index contributed by atoms with van der Waals surface area (Å²) in [6, 6.07) is 9.68. The molecule has 1 fully saturated rings. The second kappa shape index (κ2) is 5.92. The summed E-state index contributed by atoms with van der Waals surface area (Å²) in [4.78, 5) is 0. The van der Waals surface area contributed by atoms with Crippen molar-refractivity contribution in [3.05, 3.63) is 35.4 Å². The summed E-state index contributed by atoms with van der Waals surface area (Å²) in [5.74, 6) is 1.95. The van der Waals surface area contributed by atoms with Crippen molar-refractivity contribution in [1.82, 2.24) is 5.32 Å². The van der Waals surface area contributed by atoms with Crippen LogP contribution in [-0.4, -0.2) is 18.1 Å². The van der Waals surface area contributed by atoms with Crippen LogP contribution in [0, 0.1) is 0 Å². The van der Waals surface area contributed by atoms with E-state index in [0.29, 0.717) is 12.0 Å². The summed E-state index contributed by atoms with van der Waals surface area (Å²) in [7, 11) is 2.08. The van der Waals surface area contributed by atoms with E-state index in [1.807, 2.05) is 0 Å². The smallest absolute Gasteiger partial charge is 0.0438 e. The summed E-state index contributed by atoms with van der Waals surface area (Å²) < 4.78 is 0. The van der Waals surface area contributed by atoms with Gasteiger partial charge in [-0.25, -0.2) is 0 Å². The van der Waals surface area contributed by atoms with Crippen LogP contribution in [0.15, 0.2) is 24.3 Å². The molecule has 1 nitrogen and oxygen atoms in total. The van der Waals surface area contributed by atoms with Crippen LogP contribution in [0.2, 0.25) is 0 Å². The number of thioether (sulfide) groups is 1. The lowest BCUT2D eigenvalue weighted by Crippen LogP contribution is -2.25. The predicted octanol–water partition coefficient (Wildman–Crippen LogP) is 3.97. The Hall–Kier alpha value is -0.470. The van der Waals surface area contributed by atoms with Gasteiger partial charge in [0.05, 0.1) is 0 Å². The molecule has 0 aliphatic carbocycles. The SMILES string of the molecule is CNC(c1ccc(C(C)C)cc1)C1CCCS1. The van der Waals surface area contributed by atoms with E-state index < -0.39 is 0 Å². The minimum atomic E-state index is 0.517. The minimum absolute atomic E-state index is 0.517. The third-order valence-corrected chi connectivity index (χ3v) is 5.07. The lowest BCUT2D eigenvalue weighted by molar-refractivity contribution is 0.552. The van der Waals surface area contributed by atoms with Crippen molar-refractivity contribution in [3.63, 3.8) is 0 Å². The first-order valence-electron chi connectivity index (χ1n) is 6.61. The third kappa shape index (κ3) is 3.05. The molecule has 2 rings (SSSR count). The Morgan fingerprint density at radius 1 is 1.18 bits per heavy atom. The summed E-state index contributed by atoms with van der Waals surface area (Å²) >= 11 is 2.12. The summed E-state index contributed by atoms with van der Waals surface area (Å²) in [5.41, 5.74) is 2.87. The quantitative estimate of drug-likeness (QED) is 0.866. The maximum Gasteiger partial charge on any atom is 0.0438 e. The molecule has 0 aromatic heterocycles. The Balaban J connectivity index is 2.13. The first kappa shape index (κ1) is 13.0. The van der Waals surface area contributed by atoms with Gasteiger partial charge >= 0.3 is 0 Å². The molecule has 2 atom stereocenters. The monoisotopic (exact) mass is 249 g/mol. The van der Waals surface area contributed by atoms with Crippen LogP contribution in [0.5, 0.6) is 0 Å². The molecule has 1 N–H and O–H groups in total. The van der Waals surface area contributed by atoms with E-state index in [-0.39, 0.29) is 0 Å². The summed E-state index contributed by atoms with van der Waals surface area (Å²) in [5, 5.41) is 4.24. The van der Waals surface area contributed by atoms with Crippen LogP contribution in [0.1, 0.15) is 49.8 Å². The zero-order chi connectivity index (χ0) is 12.3. The molecule has 0 spiro atoms. The second-order valence-corrected chi connectivity index (χ2v) is 6.49. The molecule has 2 heteroatoms. The van der Waals surface area contributed by atoms with Gasteiger partial charge in [0.25, 0.3) is 0 Å². The highest BCUT2D eigenvalue weighted by atomic mass is 32.2. The fourth-order valence-corrected chi connectivity index (χ4v) is 3.98. The summed E-state index contributed by atoms with van der Waals surface area (Å²) in [6.45, 7) is 4.49. The number of hydrogen-bond acceptors (Lipinski definition) is 2. The van der Waals surface area contributed by atoms with Crippen LogP contribution in [0.3, 0.4) is 0 Å². The molecule has 1 aliphatic heterocycles. The Kier molecular flexibility index (Phi) is 4.52. The molecule has 1 aromatic carbocycles. The number of rotatable bonds is 4. The van der Waals surface area contributed by atoms with Gasteiger partial charge in [-0.1, -0.05) is 38.1 Å². The normalized spacial score (nSPS) is 22.0. The van der Waals surface area contributed by atoms with Crippen LogP contribution in [0.25, 0.3) is 0 Å². The lowest BCUT2D eigenvalue weighted by Gasteiger charge is -2.23. The fourth-order valence-electron chi connectivity index (χ4n) is 2.52. The summed E-state index contributed by atoms with van der Waals surface area (Å²) in [6.07, 6.45) is 2.72. The second-order valence-electron chi connectivity index (χ2n) is 5.14. The third-order valence-electron chi connectivity index (χ3n) is 3.61. The van der Waals surface area contributed by atoms with Gasteiger partial charge in [0, 0.05) is 11.3 Å². The highest BCUT2D eigenvalue weighted by Crippen LogP contribution is 2.36. The van der Waals surface area contributed by atoms with Crippen molar-refractivity contribution in [2.75, 3.05) is 12.8 Å². The fraction of sp³-hybridized carbons (Fsp3) is 0.600. The van der Waals surface area contributed by atoms with Crippen LogP contribution >= 0.6 is 11.8 Å². The minimum Gasteiger partial charge on any atom is -0.312 e. The van der Waals surface area contributed by atoms with Crippen molar-refractivity contribution in [2.24, 2.45) is 0 Å². The van der Waals surface area contributed by atoms with Gasteiger partial charge in [-0.3, -0.25) is 0 Å². The van der Waals surface area contributed by atoms with E-state index in [9.17, 15) is 0 Å². The zero-order valence-corrected chi connectivity index (χ0v) is 11.9. The Bertz CT molecular complexity index is 338. The van der Waals surface area contributed by atoms with Gasteiger partial charge in [0.2, 0.25) is 0 Å². The van der Waals surface area contributed by atoms with E-state index in [0.717, 1.165) is 5.25 Å². The number of benzene rings is 1. The molecular formula is C15H23NS. The molecule has 1 heterocycles. The van der Waals surface area contributed by atoms with Gasteiger partial charge in [-0.05, 0) is 42.7 Å². The average Bonchev–Trinajstić information content (AvgIpc) is 2.84. The van der Waals surface area contributed by atoms with Gasteiger partial charge in [0.15, 0.2) is 0 Å². The van der Waals surface area contributed by atoms with E-state index in [4.69, 9.17) is 0 Å². The molecule has 1 aromatic rings. The predicted molar refractivity (Wildman–Crippen MR) is 77.8 cm³/mol. The van der Waals surface area contributed by atoms with Crippen molar-refractivity contribution >= 4 is 11.8 Å². The van der Waals surface area contributed by atoms with Crippen molar-refractivity contribution in [3.8, 4) is 0 Å². The Labute approximate surface area is 109 Å². The maximum atomic E-state index is 3.49. The highest BCUT2D eigenvalue weighted by molar-refractivity contribution is 8.00. The van der Waals surface area contributed by atoms with Crippen molar-refractivity contribution in [2.45, 2.75) is 43.9 Å². The van der Waals surface area contributed by atoms with Crippen LogP contribution < -0.4 is 5.32 Å². The van der Waals surface area contributed by atoms with Crippen LogP contribution in [0.4, 0.5) is 0 Å². The van der Waals surface area contributed by atoms with E-state index in [1.54, 1.807) is 0 Å². The molecule has 17 heavy (non-hydrogen) atoms. The van der Waals surface area contributed by atoms with Crippen molar-refractivity contribution < 1.29 is 0 Å². The molecule has 0 bridgehead atoms. The number of nitrogens with one attached hydrogen (secondary N) is 1. The Morgan fingerprint density at radius 2 is 1.82 bits per heavy atom. The van der Waals surface area contributed by atoms with Crippen molar-refractivity contribution in [1.29, 1.82) is 0 Å².